The fourth-order valence-electron chi connectivity index (χ4n) is 1.14. The lowest BCUT2D eigenvalue weighted by Gasteiger charge is -2.01. The Morgan fingerprint density at radius 3 is 1.90 bits per heavy atom. The molecular weight excluding hydrogens is 138 g/mol. The van der Waals surface area contributed by atoms with Gasteiger partial charge in [-0.2, -0.15) is 0 Å². The molecule has 0 radical (unpaired) electrons. The highest BCUT2D eigenvalue weighted by Crippen LogP contribution is 2.21. The summed E-state index contributed by atoms with van der Waals surface area (Å²) in [5.41, 5.74) is 0. The molecule has 1 saturated carbocycles. The van der Waals surface area contributed by atoms with Crippen molar-refractivity contribution >= 4 is 0 Å². The van der Waals surface area contributed by atoms with E-state index in [-0.39, 0.29) is 12.8 Å². The van der Waals surface area contributed by atoms with Gasteiger partial charge in [-0.05, 0) is 0 Å². The molecule has 0 heterocycles. The predicted molar refractivity (Wildman–Crippen MR) is 32.0 cm³/mol. The van der Waals surface area contributed by atoms with Crippen LogP contribution in [0.1, 0.15) is 12.8 Å². The summed E-state index contributed by atoms with van der Waals surface area (Å²) in [4.78, 5) is 9.62. The van der Waals surface area contributed by atoms with E-state index in [9.17, 15) is 10.1 Å². The van der Waals surface area contributed by atoms with E-state index < -0.39 is 23.2 Å². The Morgan fingerprint density at radius 2 is 1.70 bits per heavy atom. The summed E-state index contributed by atoms with van der Waals surface area (Å²) in [5.74, 6) is 0. The number of aliphatic hydroxyl groups excluding tert-OH is 2. The monoisotopic (exact) mass is 147 g/mol. The molecule has 1 rings (SSSR count). The fraction of sp³-hybridized carbons (Fsp3) is 1.00. The smallest absolute Gasteiger partial charge is 0.218 e. The SMILES string of the molecule is O=[N+]([O-])C1CC(O)C(O)C1. The van der Waals surface area contributed by atoms with Crippen molar-refractivity contribution in [2.75, 3.05) is 0 Å². The van der Waals surface area contributed by atoms with Gasteiger partial charge in [-0.25, -0.2) is 0 Å². The first kappa shape index (κ1) is 7.43. The average Bonchev–Trinajstić information content (AvgIpc) is 2.13. The minimum absolute atomic E-state index is 0.0775. The molecule has 2 N–H and O–H groups in total. The Hall–Kier alpha value is -0.680. The van der Waals surface area contributed by atoms with Gasteiger partial charge in [-0.1, -0.05) is 0 Å². The lowest BCUT2D eigenvalue weighted by atomic mass is 10.3. The van der Waals surface area contributed by atoms with Crippen LogP contribution in [0.15, 0.2) is 0 Å². The summed E-state index contributed by atoms with van der Waals surface area (Å²) in [6, 6.07) is -0.759. The third kappa shape index (κ3) is 1.25. The number of aliphatic hydroxyl groups is 2. The zero-order valence-electron chi connectivity index (χ0n) is 5.30. The van der Waals surface area contributed by atoms with E-state index in [1.807, 2.05) is 0 Å². The van der Waals surface area contributed by atoms with Crippen LogP contribution in [0, 0.1) is 10.1 Å². The highest BCUT2D eigenvalue weighted by atomic mass is 16.6. The van der Waals surface area contributed by atoms with Crippen LogP contribution in [-0.4, -0.2) is 33.4 Å². The third-order valence-electron chi connectivity index (χ3n) is 1.77. The van der Waals surface area contributed by atoms with Crippen LogP contribution < -0.4 is 0 Å². The lowest BCUT2D eigenvalue weighted by Crippen LogP contribution is -2.17. The summed E-state index contributed by atoms with van der Waals surface area (Å²) >= 11 is 0. The molecule has 0 aromatic rings. The summed E-state index contributed by atoms with van der Waals surface area (Å²) in [7, 11) is 0. The molecule has 58 valence electrons. The fourth-order valence-corrected chi connectivity index (χ4v) is 1.14. The zero-order valence-corrected chi connectivity index (χ0v) is 5.30. The Morgan fingerprint density at radius 1 is 1.30 bits per heavy atom. The largest absolute Gasteiger partial charge is 0.390 e. The molecule has 0 spiro atoms. The Bertz CT molecular complexity index is 139. The van der Waals surface area contributed by atoms with Gasteiger partial charge in [0.25, 0.3) is 0 Å². The van der Waals surface area contributed by atoms with Gasteiger partial charge < -0.3 is 10.2 Å². The Balaban J connectivity index is 2.49. The first-order valence-corrected chi connectivity index (χ1v) is 3.11. The molecular formula is C5H9NO4. The maximum atomic E-state index is 10.1. The van der Waals surface area contributed by atoms with E-state index in [0.717, 1.165) is 0 Å². The topological polar surface area (TPSA) is 83.6 Å². The number of hydrogen-bond acceptors (Lipinski definition) is 4. The first-order valence-electron chi connectivity index (χ1n) is 3.11. The van der Waals surface area contributed by atoms with Gasteiger partial charge >= 0.3 is 0 Å². The molecule has 0 aromatic heterocycles. The van der Waals surface area contributed by atoms with Gasteiger partial charge in [0, 0.05) is 17.8 Å². The van der Waals surface area contributed by atoms with Crippen molar-refractivity contribution < 1.29 is 15.1 Å². The molecule has 0 amide bonds. The summed E-state index contributed by atoms with van der Waals surface area (Å²) < 4.78 is 0. The average molecular weight is 147 g/mol. The number of rotatable bonds is 1. The molecule has 10 heavy (non-hydrogen) atoms. The van der Waals surface area contributed by atoms with E-state index in [0.29, 0.717) is 0 Å². The number of hydrogen-bond donors (Lipinski definition) is 2. The van der Waals surface area contributed by atoms with Crippen LogP contribution >= 0.6 is 0 Å². The zero-order chi connectivity index (χ0) is 7.72. The molecule has 2 unspecified atom stereocenters. The van der Waals surface area contributed by atoms with E-state index in [4.69, 9.17) is 10.2 Å². The predicted octanol–water partition coefficient (Wildman–Crippen LogP) is -0.853. The van der Waals surface area contributed by atoms with Gasteiger partial charge in [-0.3, -0.25) is 10.1 Å². The number of nitrogens with zero attached hydrogens (tertiary/aromatic N) is 1. The van der Waals surface area contributed by atoms with Gasteiger partial charge in [-0.15, -0.1) is 0 Å². The van der Waals surface area contributed by atoms with E-state index in [1.165, 1.54) is 0 Å². The van der Waals surface area contributed by atoms with Crippen LogP contribution in [-0.2, 0) is 0 Å². The second kappa shape index (κ2) is 2.51. The Labute approximate surface area is 57.4 Å². The summed E-state index contributed by atoms with van der Waals surface area (Å²) in [6.07, 6.45) is -1.66. The van der Waals surface area contributed by atoms with Crippen LogP contribution in [0.2, 0.25) is 0 Å². The van der Waals surface area contributed by atoms with Gasteiger partial charge in [0.05, 0.1) is 12.2 Å². The van der Waals surface area contributed by atoms with Crippen molar-refractivity contribution in [3.05, 3.63) is 10.1 Å². The van der Waals surface area contributed by atoms with E-state index in [1.54, 1.807) is 0 Å². The van der Waals surface area contributed by atoms with Crippen molar-refractivity contribution in [2.45, 2.75) is 31.1 Å². The van der Waals surface area contributed by atoms with Crippen molar-refractivity contribution in [1.82, 2.24) is 0 Å². The molecule has 0 aromatic carbocycles. The maximum absolute atomic E-state index is 10.1. The van der Waals surface area contributed by atoms with Crippen LogP contribution in [0.25, 0.3) is 0 Å². The molecule has 5 heteroatoms. The first-order chi connectivity index (χ1) is 4.61. The maximum Gasteiger partial charge on any atom is 0.218 e. The number of nitro groups is 1. The standard InChI is InChI=1S/C5H9NO4/c7-4-1-3(6(9)10)2-5(4)8/h3-5,7-8H,1-2H2. The highest BCUT2D eigenvalue weighted by Gasteiger charge is 2.38. The quantitative estimate of drug-likeness (QED) is 0.373. The van der Waals surface area contributed by atoms with Gasteiger partial charge in [0.2, 0.25) is 6.04 Å². The van der Waals surface area contributed by atoms with Crippen molar-refractivity contribution in [3.8, 4) is 0 Å². The molecule has 2 atom stereocenters. The summed E-state index contributed by atoms with van der Waals surface area (Å²) in [5, 5.41) is 27.8. The van der Waals surface area contributed by atoms with Crippen LogP contribution in [0.5, 0.6) is 0 Å². The minimum Gasteiger partial charge on any atom is -0.390 e. The Kier molecular flexibility index (Phi) is 1.87. The van der Waals surface area contributed by atoms with Gasteiger partial charge in [0.15, 0.2) is 0 Å². The highest BCUT2D eigenvalue weighted by molar-refractivity contribution is 4.82. The van der Waals surface area contributed by atoms with Gasteiger partial charge in [0.1, 0.15) is 0 Å². The lowest BCUT2D eigenvalue weighted by molar-refractivity contribution is -0.521. The van der Waals surface area contributed by atoms with Crippen LogP contribution in [0.4, 0.5) is 0 Å². The molecule has 5 nitrogen and oxygen atoms in total. The van der Waals surface area contributed by atoms with Crippen molar-refractivity contribution in [1.29, 1.82) is 0 Å². The minimum atomic E-state index is -0.907. The van der Waals surface area contributed by atoms with Crippen molar-refractivity contribution in [2.24, 2.45) is 0 Å². The molecule has 1 fully saturated rings. The third-order valence-corrected chi connectivity index (χ3v) is 1.77. The second-order valence-corrected chi connectivity index (χ2v) is 2.55. The molecule has 1 aliphatic carbocycles. The van der Waals surface area contributed by atoms with Crippen molar-refractivity contribution in [3.63, 3.8) is 0 Å². The molecule has 1 aliphatic rings. The molecule has 0 bridgehead atoms. The normalized spacial score (nSPS) is 40.0. The van der Waals surface area contributed by atoms with E-state index >= 15 is 0 Å². The summed E-state index contributed by atoms with van der Waals surface area (Å²) in [6.45, 7) is 0. The van der Waals surface area contributed by atoms with E-state index in [2.05, 4.69) is 0 Å². The molecule has 0 aliphatic heterocycles. The molecule has 0 saturated heterocycles. The second-order valence-electron chi connectivity index (χ2n) is 2.55. The van der Waals surface area contributed by atoms with Crippen LogP contribution in [0.3, 0.4) is 0 Å².